The molecule has 2 heterocycles. The minimum absolute atomic E-state index is 0.713. The zero-order valence-electron chi connectivity index (χ0n) is 10.3. The first-order valence-corrected chi connectivity index (χ1v) is 5.99. The highest BCUT2D eigenvalue weighted by molar-refractivity contribution is 5.84. The lowest BCUT2D eigenvalue weighted by atomic mass is 10.2. The van der Waals surface area contributed by atoms with Crippen molar-refractivity contribution in [2.75, 3.05) is 7.05 Å². The monoisotopic (exact) mass is 241 g/mol. The van der Waals surface area contributed by atoms with E-state index in [0.29, 0.717) is 6.54 Å². The third-order valence-corrected chi connectivity index (χ3v) is 3.06. The number of nitrogens with one attached hydrogen (secondary N) is 1. The van der Waals surface area contributed by atoms with E-state index in [2.05, 4.69) is 45.5 Å². The van der Waals surface area contributed by atoms with Crippen molar-refractivity contribution in [1.29, 1.82) is 0 Å². The Hall–Kier alpha value is -2.07. The van der Waals surface area contributed by atoms with Gasteiger partial charge in [-0.3, -0.25) is 0 Å². The minimum Gasteiger partial charge on any atom is -0.359 e. The van der Waals surface area contributed by atoms with Crippen molar-refractivity contribution in [3.8, 4) is 0 Å². The summed E-state index contributed by atoms with van der Waals surface area (Å²) in [6.07, 6.45) is 3.85. The molecule has 1 N–H and O–H groups in total. The average molecular weight is 241 g/mol. The molecule has 92 valence electrons. The van der Waals surface area contributed by atoms with E-state index >= 15 is 0 Å². The predicted molar refractivity (Wildman–Crippen MR) is 70.3 cm³/mol. The van der Waals surface area contributed by atoms with Crippen LogP contribution >= 0.6 is 0 Å². The summed E-state index contributed by atoms with van der Waals surface area (Å²) in [5.41, 5.74) is 2.52. The Balaban J connectivity index is 2.05. The third kappa shape index (κ3) is 1.91. The molecular weight excluding hydrogens is 226 g/mol. The van der Waals surface area contributed by atoms with E-state index in [1.165, 1.54) is 16.5 Å². The quantitative estimate of drug-likeness (QED) is 0.762. The van der Waals surface area contributed by atoms with Gasteiger partial charge in [-0.1, -0.05) is 23.4 Å². The van der Waals surface area contributed by atoms with E-state index in [0.717, 1.165) is 12.3 Å². The van der Waals surface area contributed by atoms with Crippen LogP contribution in [0, 0.1) is 0 Å². The largest absolute Gasteiger partial charge is 0.359 e. The van der Waals surface area contributed by atoms with Crippen LogP contribution in [-0.2, 0) is 13.1 Å². The second-order valence-corrected chi connectivity index (χ2v) is 4.31. The summed E-state index contributed by atoms with van der Waals surface area (Å²) in [6.45, 7) is 1.58. The van der Waals surface area contributed by atoms with Gasteiger partial charge in [-0.2, -0.15) is 0 Å². The van der Waals surface area contributed by atoms with Gasteiger partial charge in [0.15, 0.2) is 5.76 Å². The van der Waals surface area contributed by atoms with Gasteiger partial charge in [0.2, 0.25) is 0 Å². The SMILES string of the molecule is CNCc1cn(Cc2ccno2)c2ccccc12. The molecule has 0 saturated heterocycles. The Labute approximate surface area is 105 Å². The smallest absolute Gasteiger partial charge is 0.156 e. The highest BCUT2D eigenvalue weighted by atomic mass is 16.5. The summed E-state index contributed by atoms with van der Waals surface area (Å²) < 4.78 is 7.37. The van der Waals surface area contributed by atoms with Gasteiger partial charge in [-0.05, 0) is 18.7 Å². The minimum atomic E-state index is 0.713. The van der Waals surface area contributed by atoms with Gasteiger partial charge in [0.25, 0.3) is 0 Å². The maximum absolute atomic E-state index is 5.17. The number of fused-ring (bicyclic) bond motifs is 1. The van der Waals surface area contributed by atoms with Gasteiger partial charge in [-0.25, -0.2) is 0 Å². The van der Waals surface area contributed by atoms with Crippen molar-refractivity contribution in [3.63, 3.8) is 0 Å². The molecular formula is C14H15N3O. The molecule has 0 radical (unpaired) electrons. The van der Waals surface area contributed by atoms with Gasteiger partial charge < -0.3 is 14.4 Å². The first-order chi connectivity index (χ1) is 8.88. The molecule has 0 aliphatic heterocycles. The fraction of sp³-hybridized carbons (Fsp3) is 0.214. The second kappa shape index (κ2) is 4.66. The number of para-hydroxylation sites is 1. The van der Waals surface area contributed by atoms with Gasteiger partial charge in [-0.15, -0.1) is 0 Å². The first kappa shape index (κ1) is 11.0. The lowest BCUT2D eigenvalue weighted by molar-refractivity contribution is 0.377. The van der Waals surface area contributed by atoms with Gasteiger partial charge in [0.1, 0.15) is 0 Å². The standard InChI is InChI=1S/C14H15N3O/c1-15-8-11-9-17(10-12-6-7-16-18-12)14-5-3-2-4-13(11)14/h2-7,9,15H,8,10H2,1H3. The second-order valence-electron chi connectivity index (χ2n) is 4.31. The maximum atomic E-state index is 5.17. The molecule has 0 spiro atoms. The van der Waals surface area contributed by atoms with Crippen molar-refractivity contribution in [2.45, 2.75) is 13.1 Å². The zero-order chi connectivity index (χ0) is 12.4. The molecule has 0 aliphatic carbocycles. The molecule has 0 aliphatic rings. The lowest BCUT2D eigenvalue weighted by Crippen LogP contribution is -2.04. The Bertz CT molecular complexity index is 640. The topological polar surface area (TPSA) is 43.0 Å². The van der Waals surface area contributed by atoms with Crippen LogP contribution < -0.4 is 5.32 Å². The van der Waals surface area contributed by atoms with E-state index in [-0.39, 0.29) is 0 Å². The van der Waals surface area contributed by atoms with Crippen molar-refractivity contribution in [3.05, 3.63) is 54.0 Å². The molecule has 3 rings (SSSR count). The molecule has 4 heteroatoms. The first-order valence-electron chi connectivity index (χ1n) is 5.99. The summed E-state index contributed by atoms with van der Waals surface area (Å²) in [5, 5.41) is 8.22. The molecule has 4 nitrogen and oxygen atoms in total. The fourth-order valence-electron chi connectivity index (χ4n) is 2.28. The number of hydrogen-bond acceptors (Lipinski definition) is 3. The molecule has 0 fully saturated rings. The molecule has 0 bridgehead atoms. The van der Waals surface area contributed by atoms with Crippen molar-refractivity contribution >= 4 is 10.9 Å². The number of benzene rings is 1. The summed E-state index contributed by atoms with van der Waals surface area (Å²) in [4.78, 5) is 0. The van der Waals surface area contributed by atoms with Crippen LogP contribution in [0.3, 0.4) is 0 Å². The lowest BCUT2D eigenvalue weighted by Gasteiger charge is -2.01. The Kier molecular flexibility index (Phi) is 2.86. The van der Waals surface area contributed by atoms with E-state index < -0.39 is 0 Å². The number of rotatable bonds is 4. The Morgan fingerprint density at radius 2 is 2.17 bits per heavy atom. The van der Waals surface area contributed by atoms with Crippen molar-refractivity contribution in [1.82, 2.24) is 15.0 Å². The molecule has 0 amide bonds. The molecule has 18 heavy (non-hydrogen) atoms. The van der Waals surface area contributed by atoms with E-state index in [4.69, 9.17) is 4.52 Å². The fourth-order valence-corrected chi connectivity index (χ4v) is 2.28. The molecule has 0 saturated carbocycles. The molecule has 3 aromatic rings. The van der Waals surface area contributed by atoms with Crippen LogP contribution in [0.5, 0.6) is 0 Å². The van der Waals surface area contributed by atoms with Gasteiger partial charge in [0.05, 0.1) is 12.7 Å². The van der Waals surface area contributed by atoms with Crippen LogP contribution in [-0.4, -0.2) is 16.8 Å². The average Bonchev–Trinajstić information content (AvgIpc) is 3.00. The molecule has 1 aromatic carbocycles. The highest BCUT2D eigenvalue weighted by Gasteiger charge is 2.08. The predicted octanol–water partition coefficient (Wildman–Crippen LogP) is 2.40. The van der Waals surface area contributed by atoms with E-state index in [9.17, 15) is 0 Å². The highest BCUT2D eigenvalue weighted by Crippen LogP contribution is 2.22. The Morgan fingerprint density at radius 3 is 2.94 bits per heavy atom. The van der Waals surface area contributed by atoms with Crippen molar-refractivity contribution in [2.24, 2.45) is 0 Å². The third-order valence-electron chi connectivity index (χ3n) is 3.06. The van der Waals surface area contributed by atoms with E-state index in [1.807, 2.05) is 13.1 Å². The summed E-state index contributed by atoms with van der Waals surface area (Å²) in [7, 11) is 1.96. The number of nitrogens with zero attached hydrogens (tertiary/aromatic N) is 2. The van der Waals surface area contributed by atoms with Crippen LogP contribution in [0.15, 0.2) is 47.2 Å². The van der Waals surface area contributed by atoms with Crippen LogP contribution in [0.25, 0.3) is 10.9 Å². The van der Waals surface area contributed by atoms with Gasteiger partial charge in [0, 0.05) is 29.7 Å². The Morgan fingerprint density at radius 1 is 1.28 bits per heavy atom. The summed E-state index contributed by atoms with van der Waals surface area (Å²) in [6, 6.07) is 10.3. The molecule has 0 atom stereocenters. The van der Waals surface area contributed by atoms with E-state index in [1.54, 1.807) is 6.20 Å². The van der Waals surface area contributed by atoms with Crippen molar-refractivity contribution < 1.29 is 4.52 Å². The summed E-state index contributed by atoms with van der Waals surface area (Å²) >= 11 is 0. The van der Waals surface area contributed by atoms with Crippen LogP contribution in [0.1, 0.15) is 11.3 Å². The normalized spacial score (nSPS) is 11.2. The van der Waals surface area contributed by atoms with Crippen LogP contribution in [0.2, 0.25) is 0 Å². The number of hydrogen-bond donors (Lipinski definition) is 1. The number of aromatic nitrogens is 2. The van der Waals surface area contributed by atoms with Gasteiger partial charge >= 0.3 is 0 Å². The van der Waals surface area contributed by atoms with Crippen LogP contribution in [0.4, 0.5) is 0 Å². The maximum Gasteiger partial charge on any atom is 0.156 e. The zero-order valence-corrected chi connectivity index (χ0v) is 10.3. The molecule has 2 aromatic heterocycles. The molecule has 0 unspecified atom stereocenters. The summed E-state index contributed by atoms with van der Waals surface area (Å²) in [5.74, 6) is 0.867.